The van der Waals surface area contributed by atoms with Gasteiger partial charge in [0.25, 0.3) is 23.2 Å². The highest BCUT2D eigenvalue weighted by molar-refractivity contribution is 7.23. The summed E-state index contributed by atoms with van der Waals surface area (Å²) in [5.41, 5.74) is 0.894. The van der Waals surface area contributed by atoms with Gasteiger partial charge in [0.1, 0.15) is 0 Å². The summed E-state index contributed by atoms with van der Waals surface area (Å²) >= 11 is 3.17. The van der Waals surface area contributed by atoms with E-state index in [1.165, 1.54) is 48.5 Å². The van der Waals surface area contributed by atoms with Gasteiger partial charge in [0, 0.05) is 24.3 Å². The zero-order valence-electron chi connectivity index (χ0n) is 17.1. The Bertz CT molecular complexity index is 1550. The first kappa shape index (κ1) is 22.5. The van der Waals surface area contributed by atoms with Gasteiger partial charge in [-0.2, -0.15) is 0 Å². The number of fused-ring (bicyclic) bond motifs is 2. The third-order valence-electron chi connectivity index (χ3n) is 4.66. The molecule has 0 bridgehead atoms. The minimum Gasteiger partial charge on any atom is -0.297 e. The second-order valence-corrected chi connectivity index (χ2v) is 10.1. The lowest BCUT2D eigenvalue weighted by atomic mass is 10.3. The van der Waals surface area contributed by atoms with Crippen LogP contribution in [-0.2, 0) is 0 Å². The number of nitrogens with one attached hydrogen (secondary N) is 2. The van der Waals surface area contributed by atoms with E-state index in [4.69, 9.17) is 0 Å². The van der Waals surface area contributed by atoms with Gasteiger partial charge in [-0.25, -0.2) is 9.97 Å². The largest absolute Gasteiger partial charge is 0.297 e. The van der Waals surface area contributed by atoms with E-state index < -0.39 is 21.7 Å². The van der Waals surface area contributed by atoms with Gasteiger partial charge in [0.2, 0.25) is 0 Å². The van der Waals surface area contributed by atoms with Gasteiger partial charge in [-0.1, -0.05) is 22.7 Å². The summed E-state index contributed by atoms with van der Waals surface area (Å²) in [4.78, 5) is 55.1. The molecular weight excluding hydrogens is 516 g/mol. The molecule has 0 unspecified atom stereocenters. The summed E-state index contributed by atoms with van der Waals surface area (Å²) in [6, 6.07) is 11.5. The summed E-state index contributed by atoms with van der Waals surface area (Å²) in [5.74, 6) is -0.954. The normalized spacial score (nSPS) is 11.0. The first-order valence-electron chi connectivity index (χ1n) is 9.59. The van der Waals surface area contributed by atoms with Gasteiger partial charge in [0.05, 0.1) is 40.0 Å². The minimum absolute atomic E-state index is 0.0701. The molecule has 0 aliphatic carbocycles. The molecule has 2 aromatic carbocycles. The van der Waals surface area contributed by atoms with E-state index in [-0.39, 0.29) is 31.4 Å². The zero-order chi connectivity index (χ0) is 24.7. The standard InChI is InChI=1S/C20H10N6O6S3/c27-17(23-19-21-11-3-1-9(25(29)30)7-15(11)34-19)13-5-6-14(33-13)18(28)24-20-22-12-4-2-10(26(31)32)8-16(12)35-20/h1-8H,(H,21,23,27)(H,22,24,28). The zero-order valence-corrected chi connectivity index (χ0v) is 19.5. The number of nitro benzene ring substituents is 2. The molecule has 35 heavy (non-hydrogen) atoms. The third kappa shape index (κ3) is 4.54. The number of carbonyl (C=O) groups is 2. The van der Waals surface area contributed by atoms with Crippen molar-refractivity contribution in [3.05, 3.63) is 78.5 Å². The number of nitrogens with zero attached hydrogens (tertiary/aromatic N) is 4. The van der Waals surface area contributed by atoms with Crippen molar-refractivity contribution >= 4 is 87.9 Å². The topological polar surface area (TPSA) is 170 Å². The van der Waals surface area contributed by atoms with Crippen LogP contribution >= 0.6 is 34.0 Å². The van der Waals surface area contributed by atoms with Crippen LogP contribution in [0, 0.1) is 20.2 Å². The van der Waals surface area contributed by atoms with Gasteiger partial charge in [-0.15, -0.1) is 11.3 Å². The van der Waals surface area contributed by atoms with Crippen molar-refractivity contribution in [3.8, 4) is 0 Å². The SMILES string of the molecule is O=C(Nc1nc2ccc([N+](=O)[O-])cc2s1)c1ccc(C(=O)Nc2nc3ccc([N+](=O)[O-])cc3s2)s1. The fourth-order valence-electron chi connectivity index (χ4n) is 3.06. The van der Waals surface area contributed by atoms with Crippen LogP contribution in [-0.4, -0.2) is 31.6 Å². The predicted molar refractivity (Wildman–Crippen MR) is 133 cm³/mol. The average molecular weight is 527 g/mol. The fraction of sp³-hybridized carbons (Fsp3) is 0. The molecule has 5 aromatic rings. The quantitative estimate of drug-likeness (QED) is 0.222. The highest BCUT2D eigenvalue weighted by Gasteiger charge is 2.18. The number of non-ortho nitro benzene ring substituents is 2. The number of rotatable bonds is 6. The molecule has 0 aliphatic rings. The van der Waals surface area contributed by atoms with E-state index >= 15 is 0 Å². The van der Waals surface area contributed by atoms with Crippen LogP contribution in [0.4, 0.5) is 21.6 Å². The van der Waals surface area contributed by atoms with E-state index in [9.17, 15) is 29.8 Å². The number of hydrogen-bond acceptors (Lipinski definition) is 11. The van der Waals surface area contributed by atoms with Crippen LogP contribution < -0.4 is 10.6 Å². The molecular formula is C20H10N6O6S3. The van der Waals surface area contributed by atoms with Crippen LogP contribution in [0.3, 0.4) is 0 Å². The molecule has 2 N–H and O–H groups in total. The summed E-state index contributed by atoms with van der Waals surface area (Å²) in [6.45, 7) is 0. The van der Waals surface area contributed by atoms with E-state index in [1.807, 2.05) is 0 Å². The lowest BCUT2D eigenvalue weighted by Gasteiger charge is -1.99. The highest BCUT2D eigenvalue weighted by atomic mass is 32.1. The Hall–Kier alpha value is -4.34. The minimum atomic E-state index is -0.506. The first-order chi connectivity index (χ1) is 16.8. The van der Waals surface area contributed by atoms with E-state index in [0.29, 0.717) is 20.4 Å². The molecule has 0 spiro atoms. The molecule has 3 heterocycles. The fourth-order valence-corrected chi connectivity index (χ4v) is 5.64. The Kier molecular flexibility index (Phi) is 5.64. The van der Waals surface area contributed by atoms with Gasteiger partial charge in [0.15, 0.2) is 10.3 Å². The smallest absolute Gasteiger partial charge is 0.270 e. The van der Waals surface area contributed by atoms with Gasteiger partial charge in [-0.05, 0) is 24.3 Å². The lowest BCUT2D eigenvalue weighted by molar-refractivity contribution is -0.384. The number of nitro groups is 2. The van der Waals surface area contributed by atoms with Gasteiger partial charge >= 0.3 is 0 Å². The van der Waals surface area contributed by atoms with E-state index in [0.717, 1.165) is 34.0 Å². The van der Waals surface area contributed by atoms with Crippen molar-refractivity contribution in [2.75, 3.05) is 10.6 Å². The average Bonchev–Trinajstić information content (AvgIpc) is 3.55. The molecule has 3 aromatic heterocycles. The maximum Gasteiger partial charge on any atom is 0.270 e. The summed E-state index contributed by atoms with van der Waals surface area (Å²) in [7, 11) is 0. The van der Waals surface area contributed by atoms with Crippen LogP contribution in [0.2, 0.25) is 0 Å². The third-order valence-corrected chi connectivity index (χ3v) is 7.61. The predicted octanol–water partition coefficient (Wildman–Crippen LogP) is 5.29. The Morgan fingerprint density at radius 2 is 1.11 bits per heavy atom. The van der Waals surface area contributed by atoms with Crippen LogP contribution in [0.5, 0.6) is 0 Å². The highest BCUT2D eigenvalue weighted by Crippen LogP contribution is 2.31. The van der Waals surface area contributed by atoms with Crippen LogP contribution in [0.1, 0.15) is 19.3 Å². The van der Waals surface area contributed by atoms with Crippen molar-refractivity contribution in [3.63, 3.8) is 0 Å². The number of amides is 2. The summed E-state index contributed by atoms with van der Waals surface area (Å²) in [5, 5.41) is 27.7. The molecule has 5 rings (SSSR count). The molecule has 2 amide bonds. The van der Waals surface area contributed by atoms with Crippen LogP contribution in [0.15, 0.2) is 48.5 Å². The Morgan fingerprint density at radius 3 is 1.51 bits per heavy atom. The molecule has 0 fully saturated rings. The number of aromatic nitrogens is 2. The number of benzene rings is 2. The summed E-state index contributed by atoms with van der Waals surface area (Å²) < 4.78 is 1.11. The van der Waals surface area contributed by atoms with Crippen molar-refractivity contribution in [2.24, 2.45) is 0 Å². The van der Waals surface area contributed by atoms with Crippen molar-refractivity contribution < 1.29 is 19.4 Å². The van der Waals surface area contributed by atoms with Gasteiger partial charge in [-0.3, -0.25) is 40.5 Å². The Morgan fingerprint density at radius 1 is 0.686 bits per heavy atom. The second kappa shape index (κ2) is 8.79. The maximum absolute atomic E-state index is 12.6. The molecule has 0 saturated carbocycles. The number of thiophene rings is 1. The molecule has 0 radical (unpaired) electrons. The lowest BCUT2D eigenvalue weighted by Crippen LogP contribution is -2.10. The second-order valence-electron chi connectivity index (χ2n) is 6.93. The number of hydrogen-bond donors (Lipinski definition) is 2. The number of carbonyl (C=O) groups excluding carboxylic acids is 2. The molecule has 174 valence electrons. The Balaban J connectivity index is 1.28. The van der Waals surface area contributed by atoms with Crippen molar-refractivity contribution in [2.45, 2.75) is 0 Å². The van der Waals surface area contributed by atoms with Crippen LogP contribution in [0.25, 0.3) is 20.4 Å². The number of anilines is 2. The van der Waals surface area contributed by atoms with Crippen molar-refractivity contribution in [1.82, 2.24) is 9.97 Å². The molecule has 0 aliphatic heterocycles. The molecule has 0 atom stereocenters. The van der Waals surface area contributed by atoms with Gasteiger partial charge < -0.3 is 0 Å². The summed E-state index contributed by atoms with van der Waals surface area (Å²) in [6.07, 6.45) is 0. The first-order valence-corrected chi connectivity index (χ1v) is 12.0. The van der Waals surface area contributed by atoms with Crippen molar-refractivity contribution in [1.29, 1.82) is 0 Å². The Labute approximate surface area is 206 Å². The molecule has 12 nitrogen and oxygen atoms in total. The molecule has 0 saturated heterocycles. The number of thiazole rings is 2. The maximum atomic E-state index is 12.6. The van der Waals surface area contributed by atoms with E-state index in [1.54, 1.807) is 0 Å². The molecule has 15 heteroatoms. The monoisotopic (exact) mass is 526 g/mol. The van der Waals surface area contributed by atoms with E-state index in [2.05, 4.69) is 20.6 Å².